The molecule has 102 valence electrons. The van der Waals surface area contributed by atoms with Crippen LogP contribution in [0.3, 0.4) is 0 Å². The van der Waals surface area contributed by atoms with Crippen LogP contribution in [0.5, 0.6) is 0 Å². The molecule has 6 heteroatoms. The summed E-state index contributed by atoms with van der Waals surface area (Å²) in [4.78, 5) is 28.1. The minimum atomic E-state index is -0.933. The van der Waals surface area contributed by atoms with Gasteiger partial charge in [0.25, 0.3) is 5.91 Å². The van der Waals surface area contributed by atoms with Gasteiger partial charge in [-0.2, -0.15) is 0 Å². The molecule has 1 aromatic rings. The van der Waals surface area contributed by atoms with E-state index in [1.165, 1.54) is 11.1 Å². The number of carboxylic acids is 1. The summed E-state index contributed by atoms with van der Waals surface area (Å²) in [5, 5.41) is 11.5. The summed E-state index contributed by atoms with van der Waals surface area (Å²) in [7, 11) is 1.64. The molecular formula is C13H17N3O3. The van der Waals surface area contributed by atoms with Gasteiger partial charge in [-0.3, -0.25) is 4.79 Å². The minimum Gasteiger partial charge on any atom is -0.480 e. The Bertz CT molecular complexity index is 471. The summed E-state index contributed by atoms with van der Waals surface area (Å²) < 4.78 is 0. The fraction of sp³-hybridized carbons (Fsp3) is 0.308. The number of rotatable bonds is 6. The molecule has 2 N–H and O–H groups in total. The number of aromatic nitrogens is 1. The van der Waals surface area contributed by atoms with Crippen molar-refractivity contribution in [2.45, 2.75) is 13.0 Å². The number of hydrogen-bond acceptors (Lipinski definition) is 4. The number of carbonyl (C=O) groups is 2. The molecule has 0 aromatic carbocycles. The third-order valence-corrected chi connectivity index (χ3v) is 2.72. The third-order valence-electron chi connectivity index (χ3n) is 2.72. The number of nitrogens with one attached hydrogen (secondary N) is 1. The molecule has 1 atom stereocenters. The van der Waals surface area contributed by atoms with E-state index in [4.69, 9.17) is 5.11 Å². The second-order valence-electron chi connectivity index (χ2n) is 4.03. The molecule has 0 saturated heterocycles. The summed E-state index contributed by atoms with van der Waals surface area (Å²) in [6.45, 7) is 5.46. The zero-order chi connectivity index (χ0) is 14.4. The van der Waals surface area contributed by atoms with E-state index in [-0.39, 0.29) is 5.91 Å². The Morgan fingerprint density at radius 2 is 2.26 bits per heavy atom. The van der Waals surface area contributed by atoms with Crippen LogP contribution in [0.25, 0.3) is 0 Å². The standard InChI is InChI=1S/C13H17N3O3/c1-4-7-14-12(17)10-5-6-11(15-8-10)16(3)9(2)13(18)19/h4-6,8-9H,1,7H2,2-3H3,(H,14,17)(H,18,19). The third kappa shape index (κ3) is 3.80. The molecule has 19 heavy (non-hydrogen) atoms. The van der Waals surface area contributed by atoms with Crippen molar-refractivity contribution in [1.29, 1.82) is 0 Å². The Morgan fingerprint density at radius 3 is 2.74 bits per heavy atom. The predicted octanol–water partition coefficient (Wildman–Crippen LogP) is 0.907. The van der Waals surface area contributed by atoms with Crippen molar-refractivity contribution >= 4 is 17.7 Å². The highest BCUT2D eigenvalue weighted by molar-refractivity contribution is 5.94. The van der Waals surface area contributed by atoms with E-state index in [1.807, 2.05) is 0 Å². The predicted molar refractivity (Wildman–Crippen MR) is 72.3 cm³/mol. The van der Waals surface area contributed by atoms with Crippen LogP contribution in [-0.2, 0) is 4.79 Å². The maximum Gasteiger partial charge on any atom is 0.326 e. The van der Waals surface area contributed by atoms with Crippen molar-refractivity contribution in [3.05, 3.63) is 36.5 Å². The molecule has 0 bridgehead atoms. The van der Waals surface area contributed by atoms with Gasteiger partial charge in [0, 0.05) is 19.8 Å². The lowest BCUT2D eigenvalue weighted by Crippen LogP contribution is -2.36. The van der Waals surface area contributed by atoms with Crippen molar-refractivity contribution < 1.29 is 14.7 Å². The van der Waals surface area contributed by atoms with Gasteiger partial charge >= 0.3 is 5.97 Å². The van der Waals surface area contributed by atoms with Gasteiger partial charge in [0.1, 0.15) is 11.9 Å². The summed E-state index contributed by atoms with van der Waals surface area (Å²) in [5.74, 6) is -0.680. The van der Waals surface area contributed by atoms with E-state index >= 15 is 0 Å². The number of likely N-dealkylation sites (N-methyl/N-ethyl adjacent to an activating group) is 1. The zero-order valence-corrected chi connectivity index (χ0v) is 11.0. The van der Waals surface area contributed by atoms with Gasteiger partial charge in [-0.05, 0) is 19.1 Å². The van der Waals surface area contributed by atoms with Crippen LogP contribution in [0.15, 0.2) is 31.0 Å². The van der Waals surface area contributed by atoms with Crippen LogP contribution >= 0.6 is 0 Å². The van der Waals surface area contributed by atoms with Crippen LogP contribution in [0.4, 0.5) is 5.82 Å². The number of nitrogens with zero attached hydrogens (tertiary/aromatic N) is 2. The lowest BCUT2D eigenvalue weighted by atomic mass is 10.2. The Morgan fingerprint density at radius 1 is 1.58 bits per heavy atom. The van der Waals surface area contributed by atoms with Crippen molar-refractivity contribution in [2.75, 3.05) is 18.5 Å². The lowest BCUT2D eigenvalue weighted by Gasteiger charge is -2.22. The number of pyridine rings is 1. The van der Waals surface area contributed by atoms with E-state index < -0.39 is 12.0 Å². The molecule has 0 aliphatic carbocycles. The largest absolute Gasteiger partial charge is 0.480 e. The molecule has 0 fully saturated rings. The van der Waals surface area contributed by atoms with Crippen molar-refractivity contribution in [3.63, 3.8) is 0 Å². The van der Waals surface area contributed by atoms with E-state index in [2.05, 4.69) is 16.9 Å². The van der Waals surface area contributed by atoms with E-state index in [1.54, 1.807) is 32.2 Å². The number of aliphatic carboxylic acids is 1. The lowest BCUT2D eigenvalue weighted by molar-refractivity contribution is -0.138. The Hall–Kier alpha value is -2.37. The maximum atomic E-state index is 11.6. The molecule has 0 radical (unpaired) electrons. The summed E-state index contributed by atoms with van der Waals surface area (Å²) in [6.07, 6.45) is 3.00. The molecule has 0 saturated carbocycles. The SMILES string of the molecule is C=CCNC(=O)c1ccc(N(C)C(C)C(=O)O)nc1. The van der Waals surface area contributed by atoms with Crippen LogP contribution in [0, 0.1) is 0 Å². The maximum absolute atomic E-state index is 11.6. The van der Waals surface area contributed by atoms with E-state index in [0.717, 1.165) is 0 Å². The molecule has 1 heterocycles. The fourth-order valence-electron chi connectivity index (χ4n) is 1.36. The first-order valence-electron chi connectivity index (χ1n) is 5.78. The van der Waals surface area contributed by atoms with Gasteiger partial charge in [0.05, 0.1) is 5.56 Å². The van der Waals surface area contributed by atoms with Crippen molar-refractivity contribution in [2.24, 2.45) is 0 Å². The number of anilines is 1. The van der Waals surface area contributed by atoms with Crippen molar-refractivity contribution in [1.82, 2.24) is 10.3 Å². The molecule has 0 spiro atoms. The number of hydrogen-bond donors (Lipinski definition) is 2. The topological polar surface area (TPSA) is 82.5 Å². The van der Waals surface area contributed by atoms with Crippen molar-refractivity contribution in [3.8, 4) is 0 Å². The summed E-state index contributed by atoms with van der Waals surface area (Å²) >= 11 is 0. The van der Waals surface area contributed by atoms with E-state index in [0.29, 0.717) is 17.9 Å². The Labute approximate surface area is 111 Å². The van der Waals surface area contributed by atoms with Crippen LogP contribution in [0.2, 0.25) is 0 Å². The second kappa shape index (κ2) is 6.53. The highest BCUT2D eigenvalue weighted by Gasteiger charge is 2.18. The molecule has 6 nitrogen and oxygen atoms in total. The number of carboxylic acid groups (broad SMARTS) is 1. The zero-order valence-electron chi connectivity index (χ0n) is 11.0. The summed E-state index contributed by atoms with van der Waals surface area (Å²) in [6, 6.07) is 2.53. The first kappa shape index (κ1) is 14.7. The second-order valence-corrected chi connectivity index (χ2v) is 4.03. The molecule has 0 aliphatic rings. The Kier molecular flexibility index (Phi) is 5.05. The van der Waals surface area contributed by atoms with Gasteiger partial charge in [-0.1, -0.05) is 6.08 Å². The Balaban J connectivity index is 2.78. The molecule has 1 aromatic heterocycles. The van der Waals surface area contributed by atoms with Crippen LogP contribution < -0.4 is 10.2 Å². The molecule has 1 amide bonds. The van der Waals surface area contributed by atoms with Gasteiger partial charge in [-0.15, -0.1) is 6.58 Å². The van der Waals surface area contributed by atoms with Crippen LogP contribution in [-0.4, -0.2) is 41.6 Å². The van der Waals surface area contributed by atoms with E-state index in [9.17, 15) is 9.59 Å². The molecular weight excluding hydrogens is 246 g/mol. The molecule has 0 aliphatic heterocycles. The van der Waals surface area contributed by atoms with Crippen LogP contribution in [0.1, 0.15) is 17.3 Å². The average molecular weight is 263 g/mol. The average Bonchev–Trinajstić information content (AvgIpc) is 2.43. The first-order chi connectivity index (χ1) is 8.97. The van der Waals surface area contributed by atoms with Gasteiger partial charge in [-0.25, -0.2) is 9.78 Å². The number of amides is 1. The monoisotopic (exact) mass is 263 g/mol. The van der Waals surface area contributed by atoms with Gasteiger partial charge < -0.3 is 15.3 Å². The highest BCUT2D eigenvalue weighted by Crippen LogP contribution is 2.12. The number of carbonyl (C=O) groups excluding carboxylic acids is 1. The molecule has 1 unspecified atom stereocenters. The fourth-order valence-corrected chi connectivity index (χ4v) is 1.36. The normalized spacial score (nSPS) is 11.5. The quantitative estimate of drug-likeness (QED) is 0.745. The highest BCUT2D eigenvalue weighted by atomic mass is 16.4. The van der Waals surface area contributed by atoms with Gasteiger partial charge in [0.2, 0.25) is 0 Å². The minimum absolute atomic E-state index is 0.243. The molecule has 1 rings (SSSR count). The first-order valence-corrected chi connectivity index (χ1v) is 5.78. The smallest absolute Gasteiger partial charge is 0.326 e. The summed E-state index contributed by atoms with van der Waals surface area (Å²) in [5.41, 5.74) is 0.418. The van der Waals surface area contributed by atoms with Gasteiger partial charge in [0.15, 0.2) is 0 Å².